The van der Waals surface area contributed by atoms with Crippen LogP contribution >= 0.6 is 15.9 Å². The first-order chi connectivity index (χ1) is 10.6. The van der Waals surface area contributed by atoms with E-state index in [2.05, 4.69) is 45.3 Å². The lowest BCUT2D eigenvalue weighted by atomic mass is 10.0. The molecule has 108 valence electrons. The molecule has 3 aromatic rings. The fourth-order valence-corrected chi connectivity index (χ4v) is 3.27. The van der Waals surface area contributed by atoms with Crippen molar-refractivity contribution in [1.82, 2.24) is 4.98 Å². The number of aromatic amines is 1. The Morgan fingerprint density at radius 2 is 2.05 bits per heavy atom. The topological polar surface area (TPSA) is 44.9 Å². The van der Waals surface area contributed by atoms with Gasteiger partial charge >= 0.3 is 0 Å². The molecule has 0 saturated heterocycles. The maximum atomic E-state index is 12.3. The van der Waals surface area contributed by atoms with Gasteiger partial charge in [0.1, 0.15) is 0 Å². The highest BCUT2D eigenvalue weighted by Gasteiger charge is 2.24. The van der Waals surface area contributed by atoms with Crippen LogP contribution in [0.4, 0.5) is 5.69 Å². The van der Waals surface area contributed by atoms with E-state index in [-0.39, 0.29) is 5.91 Å². The number of halogens is 1. The Bertz CT molecular complexity index is 953. The Kier molecular flexibility index (Phi) is 2.94. The molecule has 0 aliphatic carbocycles. The lowest BCUT2D eigenvalue weighted by molar-refractivity contribution is -0.110. The van der Waals surface area contributed by atoms with Crippen LogP contribution in [0.2, 0.25) is 0 Å². The molecule has 2 heterocycles. The van der Waals surface area contributed by atoms with Crippen molar-refractivity contribution in [2.45, 2.75) is 6.92 Å². The highest BCUT2D eigenvalue weighted by atomic mass is 79.9. The van der Waals surface area contributed by atoms with Crippen molar-refractivity contribution >= 4 is 50.1 Å². The summed E-state index contributed by atoms with van der Waals surface area (Å²) < 4.78 is 0.954. The van der Waals surface area contributed by atoms with Gasteiger partial charge < -0.3 is 10.3 Å². The van der Waals surface area contributed by atoms with Gasteiger partial charge in [-0.3, -0.25) is 4.79 Å². The second-order valence-corrected chi connectivity index (χ2v) is 6.36. The third kappa shape index (κ3) is 1.99. The van der Waals surface area contributed by atoms with Crippen LogP contribution in [-0.2, 0) is 4.79 Å². The monoisotopic (exact) mass is 352 g/mol. The maximum Gasteiger partial charge on any atom is 0.256 e. The number of aromatic nitrogens is 1. The van der Waals surface area contributed by atoms with Crippen LogP contribution in [0.1, 0.15) is 16.7 Å². The molecule has 1 aromatic heterocycles. The van der Waals surface area contributed by atoms with E-state index in [4.69, 9.17) is 0 Å². The fourth-order valence-electron chi connectivity index (χ4n) is 2.91. The van der Waals surface area contributed by atoms with Crippen molar-refractivity contribution in [1.29, 1.82) is 0 Å². The summed E-state index contributed by atoms with van der Waals surface area (Å²) in [5.41, 5.74) is 5.83. The zero-order valence-electron chi connectivity index (χ0n) is 11.9. The van der Waals surface area contributed by atoms with Gasteiger partial charge in [0.2, 0.25) is 0 Å². The first-order valence-electron chi connectivity index (χ1n) is 7.03. The van der Waals surface area contributed by atoms with E-state index in [9.17, 15) is 4.79 Å². The van der Waals surface area contributed by atoms with Crippen LogP contribution in [0.5, 0.6) is 0 Å². The van der Waals surface area contributed by atoms with Gasteiger partial charge in [-0.15, -0.1) is 0 Å². The molecule has 0 fully saturated rings. The molecule has 2 N–H and O–H groups in total. The van der Waals surface area contributed by atoms with Crippen LogP contribution in [0.3, 0.4) is 0 Å². The fraction of sp³-hybridized carbons (Fsp3) is 0.0556. The van der Waals surface area contributed by atoms with Gasteiger partial charge in [0, 0.05) is 38.3 Å². The minimum atomic E-state index is -0.0601. The van der Waals surface area contributed by atoms with Gasteiger partial charge in [-0.2, -0.15) is 0 Å². The van der Waals surface area contributed by atoms with E-state index >= 15 is 0 Å². The highest BCUT2D eigenvalue weighted by Crippen LogP contribution is 2.36. The lowest BCUT2D eigenvalue weighted by Crippen LogP contribution is -2.03. The SMILES string of the molecule is Cc1cccc2c(C=C3C(=O)Nc4cc(Br)ccc43)c[nH]c12. The quantitative estimate of drug-likeness (QED) is 0.611. The predicted molar refractivity (Wildman–Crippen MR) is 93.7 cm³/mol. The molecule has 0 bridgehead atoms. The summed E-state index contributed by atoms with van der Waals surface area (Å²) in [6.07, 6.45) is 3.90. The van der Waals surface area contributed by atoms with Gasteiger partial charge in [-0.05, 0) is 30.7 Å². The number of carbonyl (C=O) groups excluding carboxylic acids is 1. The average Bonchev–Trinajstić information content (AvgIpc) is 3.02. The molecule has 4 rings (SSSR count). The van der Waals surface area contributed by atoms with Crippen LogP contribution in [0, 0.1) is 6.92 Å². The number of aryl methyl sites for hydroxylation is 1. The number of fused-ring (bicyclic) bond motifs is 2. The third-order valence-electron chi connectivity index (χ3n) is 4.02. The number of anilines is 1. The molecule has 22 heavy (non-hydrogen) atoms. The molecular formula is C18H13BrN2O. The lowest BCUT2D eigenvalue weighted by Gasteiger charge is -1.99. The molecule has 2 aromatic carbocycles. The Morgan fingerprint density at radius 3 is 2.91 bits per heavy atom. The predicted octanol–water partition coefficient (Wildman–Crippen LogP) is 4.73. The van der Waals surface area contributed by atoms with Crippen molar-refractivity contribution in [3.63, 3.8) is 0 Å². The first kappa shape index (κ1) is 13.3. The van der Waals surface area contributed by atoms with E-state index < -0.39 is 0 Å². The zero-order valence-corrected chi connectivity index (χ0v) is 13.5. The molecule has 1 aliphatic rings. The van der Waals surface area contributed by atoms with Gasteiger partial charge in [-0.25, -0.2) is 0 Å². The molecule has 0 unspecified atom stereocenters. The molecule has 0 radical (unpaired) electrons. The molecule has 1 aliphatic heterocycles. The van der Waals surface area contributed by atoms with Crippen LogP contribution in [0.15, 0.2) is 47.1 Å². The number of amides is 1. The molecule has 1 amide bonds. The number of nitrogens with one attached hydrogen (secondary N) is 2. The van der Waals surface area contributed by atoms with Crippen LogP contribution in [-0.4, -0.2) is 10.9 Å². The number of hydrogen-bond donors (Lipinski definition) is 2. The number of carbonyl (C=O) groups is 1. The molecule has 0 spiro atoms. The van der Waals surface area contributed by atoms with E-state index in [0.29, 0.717) is 5.57 Å². The van der Waals surface area contributed by atoms with Crippen molar-refractivity contribution in [2.75, 3.05) is 5.32 Å². The molecular weight excluding hydrogens is 340 g/mol. The number of hydrogen-bond acceptors (Lipinski definition) is 1. The Hall–Kier alpha value is -2.33. The van der Waals surface area contributed by atoms with E-state index in [1.807, 2.05) is 36.5 Å². The zero-order chi connectivity index (χ0) is 15.3. The van der Waals surface area contributed by atoms with Crippen molar-refractivity contribution in [2.24, 2.45) is 0 Å². The van der Waals surface area contributed by atoms with E-state index in [0.717, 1.165) is 32.2 Å². The number of benzene rings is 2. The Balaban J connectivity index is 1.89. The second-order valence-electron chi connectivity index (χ2n) is 5.44. The Labute approximate surface area is 136 Å². The largest absolute Gasteiger partial charge is 0.360 e. The number of rotatable bonds is 1. The minimum Gasteiger partial charge on any atom is -0.360 e. The average molecular weight is 353 g/mol. The normalized spacial score (nSPS) is 15.4. The minimum absolute atomic E-state index is 0.0601. The summed E-state index contributed by atoms with van der Waals surface area (Å²) >= 11 is 3.43. The van der Waals surface area contributed by atoms with Gasteiger partial charge in [0.15, 0.2) is 0 Å². The summed E-state index contributed by atoms with van der Waals surface area (Å²) in [7, 11) is 0. The number of para-hydroxylation sites is 1. The molecule has 0 atom stereocenters. The highest BCUT2D eigenvalue weighted by molar-refractivity contribution is 9.10. The Morgan fingerprint density at radius 1 is 1.18 bits per heavy atom. The summed E-state index contributed by atoms with van der Waals surface area (Å²) in [4.78, 5) is 15.6. The van der Waals surface area contributed by atoms with Crippen molar-refractivity contribution in [3.05, 3.63) is 63.8 Å². The summed E-state index contributed by atoms with van der Waals surface area (Å²) in [5.74, 6) is -0.0601. The van der Waals surface area contributed by atoms with Crippen LogP contribution in [0.25, 0.3) is 22.6 Å². The van der Waals surface area contributed by atoms with Gasteiger partial charge in [0.05, 0.1) is 5.69 Å². The van der Waals surface area contributed by atoms with E-state index in [1.54, 1.807) is 0 Å². The van der Waals surface area contributed by atoms with E-state index in [1.165, 1.54) is 5.56 Å². The summed E-state index contributed by atoms with van der Waals surface area (Å²) in [5, 5.41) is 4.04. The summed E-state index contributed by atoms with van der Waals surface area (Å²) in [6, 6.07) is 12.0. The van der Waals surface area contributed by atoms with Crippen molar-refractivity contribution < 1.29 is 4.79 Å². The van der Waals surface area contributed by atoms with Gasteiger partial charge in [-0.1, -0.05) is 40.2 Å². The standard InChI is InChI=1S/C18H13BrN2O/c1-10-3-2-4-13-11(9-20-17(10)13)7-15-14-6-5-12(19)8-16(14)21-18(15)22/h2-9,20H,1H3,(H,21,22). The van der Waals surface area contributed by atoms with Crippen LogP contribution < -0.4 is 5.32 Å². The van der Waals surface area contributed by atoms with Crippen molar-refractivity contribution in [3.8, 4) is 0 Å². The first-order valence-corrected chi connectivity index (χ1v) is 7.82. The third-order valence-corrected chi connectivity index (χ3v) is 4.51. The number of H-pyrrole nitrogens is 1. The van der Waals surface area contributed by atoms with Gasteiger partial charge in [0.25, 0.3) is 5.91 Å². The molecule has 4 heteroatoms. The maximum absolute atomic E-state index is 12.3. The summed E-state index contributed by atoms with van der Waals surface area (Å²) in [6.45, 7) is 2.07. The molecule has 3 nitrogen and oxygen atoms in total. The smallest absolute Gasteiger partial charge is 0.256 e. The molecule has 0 saturated carbocycles. The second kappa shape index (κ2) is 4.85.